The molecule has 14 heavy (non-hydrogen) atoms. The van der Waals surface area contributed by atoms with Crippen molar-refractivity contribution in [3.8, 4) is 0 Å². The van der Waals surface area contributed by atoms with Crippen LogP contribution >= 0.6 is 25.3 Å². The molecule has 0 aliphatic carbocycles. The normalized spacial score (nSPS) is 27.1. The summed E-state index contributed by atoms with van der Waals surface area (Å²) in [4.78, 5) is 23.5. The lowest BCUT2D eigenvalue weighted by Crippen LogP contribution is -2.43. The number of thiol groups is 2. The maximum atomic E-state index is 11.4. The number of carbonyl (C=O) groups excluding carboxylic acids is 1. The summed E-state index contributed by atoms with van der Waals surface area (Å²) in [6.07, 6.45) is 1.84. The van der Waals surface area contributed by atoms with Crippen LogP contribution in [-0.4, -0.2) is 39.7 Å². The lowest BCUT2D eigenvalue weighted by molar-refractivity contribution is -0.146. The van der Waals surface area contributed by atoms with Gasteiger partial charge in [-0.2, -0.15) is 25.3 Å². The van der Waals surface area contributed by atoms with Crippen LogP contribution in [0.15, 0.2) is 11.5 Å². The summed E-state index contributed by atoms with van der Waals surface area (Å²) < 4.78 is 0. The highest BCUT2D eigenvalue weighted by molar-refractivity contribution is 7.83. The molecular weight excluding hydrogens is 222 g/mol. The lowest BCUT2D eigenvalue weighted by atomic mass is 10.2. The Labute approximate surface area is 92.8 Å². The molecule has 2 unspecified atom stereocenters. The molecule has 0 spiro atoms. The minimum atomic E-state index is -1.01. The van der Waals surface area contributed by atoms with Crippen molar-refractivity contribution in [2.75, 3.05) is 6.54 Å². The van der Waals surface area contributed by atoms with Crippen LogP contribution in [0.2, 0.25) is 0 Å². The average molecular weight is 233 g/mol. The van der Waals surface area contributed by atoms with E-state index in [-0.39, 0.29) is 11.2 Å². The van der Waals surface area contributed by atoms with Crippen LogP contribution in [0, 0.1) is 0 Å². The molecule has 1 heterocycles. The third-order valence-electron chi connectivity index (χ3n) is 2.12. The van der Waals surface area contributed by atoms with E-state index in [1.165, 1.54) is 16.4 Å². The summed E-state index contributed by atoms with van der Waals surface area (Å²) in [7, 11) is 0. The van der Waals surface area contributed by atoms with E-state index in [1.807, 2.05) is 0 Å². The predicted octanol–water partition coefficient (Wildman–Crippen LogP) is 0.414. The predicted molar refractivity (Wildman–Crippen MR) is 58.7 cm³/mol. The molecule has 1 fully saturated rings. The number of amides is 1. The maximum absolute atomic E-state index is 11.4. The van der Waals surface area contributed by atoms with Crippen LogP contribution in [-0.2, 0) is 9.59 Å². The molecule has 1 saturated heterocycles. The molecule has 6 heteroatoms. The molecule has 78 valence electrons. The first-order valence-corrected chi connectivity index (χ1v) is 5.13. The number of carboxylic acids is 1. The molecule has 1 aliphatic heterocycles. The molecule has 1 rings (SSSR count). The van der Waals surface area contributed by atoms with Gasteiger partial charge >= 0.3 is 5.97 Å². The summed E-state index contributed by atoms with van der Waals surface area (Å²) >= 11 is 7.89. The van der Waals surface area contributed by atoms with E-state index in [2.05, 4.69) is 25.3 Å². The van der Waals surface area contributed by atoms with E-state index < -0.39 is 12.0 Å². The van der Waals surface area contributed by atoms with Gasteiger partial charge in [0.2, 0.25) is 5.91 Å². The third kappa shape index (κ3) is 2.24. The Morgan fingerprint density at radius 2 is 2.14 bits per heavy atom. The number of likely N-dealkylation sites (tertiary alicyclic amines) is 1. The number of rotatable bonds is 2. The van der Waals surface area contributed by atoms with Gasteiger partial charge in [0.1, 0.15) is 6.04 Å². The fourth-order valence-corrected chi connectivity index (χ4v) is 2.01. The first-order valence-electron chi connectivity index (χ1n) is 4.10. The zero-order valence-corrected chi connectivity index (χ0v) is 9.12. The minimum Gasteiger partial charge on any atom is -0.480 e. The maximum Gasteiger partial charge on any atom is 0.327 e. The van der Waals surface area contributed by atoms with Crippen LogP contribution in [0.5, 0.6) is 0 Å². The highest BCUT2D eigenvalue weighted by atomic mass is 32.1. The highest BCUT2D eigenvalue weighted by Gasteiger charge is 2.39. The molecule has 0 aromatic rings. The first kappa shape index (κ1) is 11.5. The summed E-state index contributed by atoms with van der Waals surface area (Å²) in [5, 5.41) is 9.90. The monoisotopic (exact) mass is 233 g/mol. The van der Waals surface area contributed by atoms with Crippen molar-refractivity contribution in [3.63, 3.8) is 0 Å². The zero-order chi connectivity index (χ0) is 10.7. The van der Waals surface area contributed by atoms with Gasteiger partial charge in [0, 0.05) is 17.9 Å². The van der Waals surface area contributed by atoms with Gasteiger partial charge in [0.25, 0.3) is 0 Å². The SMILES string of the molecule is O=C(O)C1C(S)CCN1C(=O)/C=C/S. The van der Waals surface area contributed by atoms with E-state index in [1.54, 1.807) is 0 Å². The van der Waals surface area contributed by atoms with Crippen LogP contribution in [0.4, 0.5) is 0 Å². The summed E-state index contributed by atoms with van der Waals surface area (Å²) in [6, 6.07) is -0.824. The van der Waals surface area contributed by atoms with Crippen LogP contribution < -0.4 is 0 Å². The Morgan fingerprint density at radius 3 is 2.64 bits per heavy atom. The van der Waals surface area contributed by atoms with E-state index in [0.717, 1.165) is 0 Å². The standard InChI is InChI=1S/C8H11NO3S2/c10-6(2-4-13)9-3-1-5(14)7(9)8(11)12/h2,4-5,7,13-14H,1,3H2,(H,11,12)/b4-2+. The Hall–Kier alpha value is -0.620. The Bertz CT molecular complexity index is 280. The molecule has 1 aliphatic rings. The largest absolute Gasteiger partial charge is 0.480 e. The summed E-state index contributed by atoms with van der Waals surface area (Å²) in [5.74, 6) is -1.34. The van der Waals surface area contributed by atoms with Crippen LogP contribution in [0.3, 0.4) is 0 Å². The van der Waals surface area contributed by atoms with Gasteiger partial charge in [-0.05, 0) is 11.8 Å². The number of carbonyl (C=O) groups is 2. The number of nitrogens with zero attached hydrogens (tertiary/aromatic N) is 1. The Morgan fingerprint density at radius 1 is 1.50 bits per heavy atom. The van der Waals surface area contributed by atoms with Crippen molar-refractivity contribution >= 4 is 37.1 Å². The van der Waals surface area contributed by atoms with Crippen molar-refractivity contribution in [1.82, 2.24) is 4.90 Å². The van der Waals surface area contributed by atoms with E-state index in [9.17, 15) is 9.59 Å². The summed E-state index contributed by atoms with van der Waals surface area (Å²) in [6.45, 7) is 0.433. The van der Waals surface area contributed by atoms with Crippen molar-refractivity contribution < 1.29 is 14.7 Å². The van der Waals surface area contributed by atoms with E-state index >= 15 is 0 Å². The van der Waals surface area contributed by atoms with Gasteiger partial charge in [-0.3, -0.25) is 4.79 Å². The molecule has 1 N–H and O–H groups in total. The average Bonchev–Trinajstić information content (AvgIpc) is 2.47. The van der Waals surface area contributed by atoms with Gasteiger partial charge in [-0.15, -0.1) is 0 Å². The second-order valence-corrected chi connectivity index (χ2v) is 3.95. The number of hydrogen-bond acceptors (Lipinski definition) is 4. The number of hydrogen-bond donors (Lipinski definition) is 3. The highest BCUT2D eigenvalue weighted by Crippen LogP contribution is 2.23. The second-order valence-electron chi connectivity index (χ2n) is 2.99. The van der Waals surface area contributed by atoms with E-state index in [4.69, 9.17) is 5.11 Å². The fraction of sp³-hybridized carbons (Fsp3) is 0.500. The zero-order valence-electron chi connectivity index (χ0n) is 7.33. The molecular formula is C8H11NO3S2. The smallest absolute Gasteiger partial charge is 0.327 e. The van der Waals surface area contributed by atoms with Crippen LogP contribution in [0.1, 0.15) is 6.42 Å². The van der Waals surface area contributed by atoms with E-state index in [0.29, 0.717) is 13.0 Å². The van der Waals surface area contributed by atoms with Gasteiger partial charge in [-0.1, -0.05) is 0 Å². The molecule has 0 bridgehead atoms. The van der Waals surface area contributed by atoms with Crippen molar-refractivity contribution in [2.24, 2.45) is 0 Å². The molecule has 0 radical (unpaired) electrons. The van der Waals surface area contributed by atoms with Gasteiger partial charge in [0.05, 0.1) is 0 Å². The number of aliphatic carboxylic acids is 1. The minimum absolute atomic E-state index is 0.287. The molecule has 0 aromatic heterocycles. The fourth-order valence-electron chi connectivity index (χ4n) is 1.48. The van der Waals surface area contributed by atoms with Gasteiger partial charge in [0.15, 0.2) is 0 Å². The summed E-state index contributed by atoms with van der Waals surface area (Å²) in [5.41, 5.74) is 0. The van der Waals surface area contributed by atoms with Gasteiger partial charge < -0.3 is 10.0 Å². The molecule has 2 atom stereocenters. The van der Waals surface area contributed by atoms with Crippen molar-refractivity contribution in [3.05, 3.63) is 11.5 Å². The molecule has 0 saturated carbocycles. The first-order chi connectivity index (χ1) is 6.57. The number of carboxylic acid groups (broad SMARTS) is 1. The van der Waals surface area contributed by atoms with Gasteiger partial charge in [-0.25, -0.2) is 4.79 Å². The lowest BCUT2D eigenvalue weighted by Gasteiger charge is -2.21. The van der Waals surface area contributed by atoms with Crippen molar-refractivity contribution in [1.29, 1.82) is 0 Å². The molecule has 4 nitrogen and oxygen atoms in total. The quantitative estimate of drug-likeness (QED) is 0.478. The van der Waals surface area contributed by atoms with Crippen molar-refractivity contribution in [2.45, 2.75) is 17.7 Å². The molecule has 1 amide bonds. The molecule has 0 aromatic carbocycles. The Kier molecular flexibility index (Phi) is 3.88. The third-order valence-corrected chi connectivity index (χ3v) is 2.81. The topological polar surface area (TPSA) is 57.6 Å². The second kappa shape index (κ2) is 4.75. The van der Waals surface area contributed by atoms with Crippen LogP contribution in [0.25, 0.3) is 0 Å². The Balaban J connectivity index is 2.79.